The van der Waals surface area contributed by atoms with E-state index < -0.39 is 0 Å². The van der Waals surface area contributed by atoms with Crippen LogP contribution in [0.1, 0.15) is 205 Å². The second-order valence-electron chi connectivity index (χ2n) is 13.0. The molecule has 0 aliphatic heterocycles. The lowest BCUT2D eigenvalue weighted by atomic mass is 9.88. The quantitative estimate of drug-likeness (QED) is 0.0694. The Bertz CT molecular complexity index is 757. The Labute approximate surface area is 262 Å². The third-order valence-corrected chi connectivity index (χ3v) is 9.02. The number of rotatable bonds is 30. The minimum Gasteiger partial charge on any atom is -0.504 e. The average molecular weight is 589 g/mol. The van der Waals surface area contributed by atoms with Crippen molar-refractivity contribution in [2.75, 3.05) is 6.61 Å². The second kappa shape index (κ2) is 27.2. The summed E-state index contributed by atoms with van der Waals surface area (Å²) in [5.41, 5.74) is 3.51. The SMILES string of the molecule is CCCCCCCCCCc1c(O)c(O)c(OCCC)c(CCCCCCCCCC)c1CCCCCCCCCC. The first-order valence-corrected chi connectivity index (χ1v) is 18.8. The van der Waals surface area contributed by atoms with Crippen molar-refractivity contribution in [3.8, 4) is 17.2 Å². The number of phenolic OH excluding ortho intramolecular Hbond substituents is 2. The molecule has 3 heteroatoms. The molecule has 0 saturated heterocycles. The van der Waals surface area contributed by atoms with E-state index in [2.05, 4.69) is 27.7 Å². The number of benzene rings is 1. The van der Waals surface area contributed by atoms with Gasteiger partial charge in [-0.25, -0.2) is 0 Å². The number of phenols is 2. The Hall–Kier alpha value is -1.38. The summed E-state index contributed by atoms with van der Waals surface area (Å²) >= 11 is 0. The molecule has 0 atom stereocenters. The predicted molar refractivity (Wildman–Crippen MR) is 184 cm³/mol. The first-order valence-electron chi connectivity index (χ1n) is 18.8. The van der Waals surface area contributed by atoms with Crippen molar-refractivity contribution >= 4 is 0 Å². The predicted octanol–water partition coefficient (Wildman–Crippen LogP) is 12.9. The zero-order chi connectivity index (χ0) is 30.7. The van der Waals surface area contributed by atoms with Crippen molar-refractivity contribution in [3.63, 3.8) is 0 Å². The smallest absolute Gasteiger partial charge is 0.201 e. The van der Waals surface area contributed by atoms with Crippen molar-refractivity contribution in [1.29, 1.82) is 0 Å². The minimum atomic E-state index is -0.00717. The molecule has 0 fully saturated rings. The maximum atomic E-state index is 11.3. The van der Waals surface area contributed by atoms with Gasteiger partial charge < -0.3 is 14.9 Å². The number of ether oxygens (including phenoxy) is 1. The normalized spacial score (nSPS) is 11.4. The summed E-state index contributed by atoms with van der Waals surface area (Å²) in [6.45, 7) is 9.51. The van der Waals surface area contributed by atoms with E-state index in [0.29, 0.717) is 12.4 Å². The molecular formula is C39H72O3. The summed E-state index contributed by atoms with van der Waals surface area (Å²) < 4.78 is 6.18. The van der Waals surface area contributed by atoms with E-state index >= 15 is 0 Å². The van der Waals surface area contributed by atoms with E-state index in [1.807, 2.05) is 0 Å². The number of aromatic hydroxyl groups is 2. The molecule has 0 aromatic heterocycles. The molecule has 0 unspecified atom stereocenters. The van der Waals surface area contributed by atoms with Crippen LogP contribution in [0.5, 0.6) is 17.2 Å². The lowest BCUT2D eigenvalue weighted by Gasteiger charge is -2.22. The molecule has 2 N–H and O–H groups in total. The van der Waals surface area contributed by atoms with Crippen LogP contribution < -0.4 is 4.74 Å². The maximum absolute atomic E-state index is 11.3. The van der Waals surface area contributed by atoms with Crippen molar-refractivity contribution < 1.29 is 14.9 Å². The highest BCUT2D eigenvalue weighted by Crippen LogP contribution is 2.46. The van der Waals surface area contributed by atoms with Gasteiger partial charge in [-0.15, -0.1) is 0 Å². The van der Waals surface area contributed by atoms with E-state index in [0.717, 1.165) is 50.5 Å². The molecule has 0 radical (unpaired) electrons. The molecule has 0 saturated carbocycles. The molecule has 246 valence electrons. The third-order valence-electron chi connectivity index (χ3n) is 9.02. The molecule has 1 aromatic rings. The van der Waals surface area contributed by atoms with E-state index in [-0.39, 0.29) is 11.5 Å². The van der Waals surface area contributed by atoms with Gasteiger partial charge in [-0.2, -0.15) is 0 Å². The summed E-state index contributed by atoms with van der Waals surface area (Å²) in [4.78, 5) is 0. The van der Waals surface area contributed by atoms with Crippen LogP contribution in [-0.4, -0.2) is 16.8 Å². The fraction of sp³-hybridized carbons (Fsp3) is 0.846. The van der Waals surface area contributed by atoms with Crippen LogP contribution in [0.3, 0.4) is 0 Å². The largest absolute Gasteiger partial charge is 0.504 e. The Kier molecular flexibility index (Phi) is 25.0. The van der Waals surface area contributed by atoms with E-state index in [9.17, 15) is 10.2 Å². The van der Waals surface area contributed by atoms with Crippen LogP contribution in [0.15, 0.2) is 0 Å². The molecule has 0 amide bonds. The first kappa shape index (κ1) is 38.6. The summed E-state index contributed by atoms with van der Waals surface area (Å²) in [5.74, 6) is 0.664. The van der Waals surface area contributed by atoms with Crippen molar-refractivity contribution in [2.45, 2.75) is 207 Å². The Morgan fingerprint density at radius 1 is 0.357 bits per heavy atom. The molecule has 1 rings (SSSR count). The Morgan fingerprint density at radius 3 is 1.07 bits per heavy atom. The van der Waals surface area contributed by atoms with Gasteiger partial charge in [0.05, 0.1) is 6.61 Å². The van der Waals surface area contributed by atoms with Gasteiger partial charge in [-0.05, 0) is 50.5 Å². The summed E-state index contributed by atoms with van der Waals surface area (Å²) in [7, 11) is 0. The average Bonchev–Trinajstić information content (AvgIpc) is 2.99. The molecule has 3 nitrogen and oxygen atoms in total. The van der Waals surface area contributed by atoms with Gasteiger partial charge in [0.2, 0.25) is 5.75 Å². The number of hydrogen-bond donors (Lipinski definition) is 2. The van der Waals surface area contributed by atoms with Crippen molar-refractivity contribution in [2.24, 2.45) is 0 Å². The van der Waals surface area contributed by atoms with Crippen LogP contribution >= 0.6 is 0 Å². The van der Waals surface area contributed by atoms with Gasteiger partial charge in [0, 0.05) is 11.1 Å². The van der Waals surface area contributed by atoms with Gasteiger partial charge in [0.25, 0.3) is 0 Å². The molecule has 0 heterocycles. The standard InChI is InChI=1S/C39H72O3/c1-5-9-12-15-18-21-24-27-30-34-35(31-28-25-22-19-16-13-10-6-2)37(40)38(41)39(42-33-8-4)36(34)32-29-26-23-20-17-14-11-7-3/h40-41H,5-33H2,1-4H3. The van der Waals surface area contributed by atoms with Crippen LogP contribution in [0.25, 0.3) is 0 Å². The van der Waals surface area contributed by atoms with Crippen LogP contribution in [0.2, 0.25) is 0 Å². The zero-order valence-electron chi connectivity index (χ0n) is 28.8. The highest BCUT2D eigenvalue weighted by Gasteiger charge is 2.24. The molecule has 0 aliphatic rings. The van der Waals surface area contributed by atoms with Crippen LogP contribution in [0.4, 0.5) is 0 Å². The van der Waals surface area contributed by atoms with Crippen molar-refractivity contribution in [1.82, 2.24) is 0 Å². The van der Waals surface area contributed by atoms with Crippen molar-refractivity contribution in [3.05, 3.63) is 16.7 Å². The van der Waals surface area contributed by atoms with Gasteiger partial charge in [0.15, 0.2) is 11.5 Å². The zero-order valence-corrected chi connectivity index (χ0v) is 28.8. The van der Waals surface area contributed by atoms with Gasteiger partial charge >= 0.3 is 0 Å². The lowest BCUT2D eigenvalue weighted by Crippen LogP contribution is -2.08. The minimum absolute atomic E-state index is 0.00717. The lowest BCUT2D eigenvalue weighted by molar-refractivity contribution is 0.287. The third kappa shape index (κ3) is 17.0. The molecule has 42 heavy (non-hydrogen) atoms. The van der Waals surface area contributed by atoms with Gasteiger partial charge in [-0.1, -0.05) is 163 Å². The highest BCUT2D eigenvalue weighted by molar-refractivity contribution is 5.62. The summed E-state index contributed by atoms with van der Waals surface area (Å²) in [6, 6.07) is 0. The molecule has 1 aromatic carbocycles. The number of unbranched alkanes of at least 4 members (excludes halogenated alkanes) is 21. The van der Waals surface area contributed by atoms with E-state index in [1.54, 1.807) is 0 Å². The molecule has 0 aliphatic carbocycles. The fourth-order valence-electron chi connectivity index (χ4n) is 6.36. The van der Waals surface area contributed by atoms with Crippen LogP contribution in [-0.2, 0) is 19.3 Å². The fourth-order valence-corrected chi connectivity index (χ4v) is 6.36. The molecule has 0 bridgehead atoms. The van der Waals surface area contributed by atoms with E-state index in [1.165, 1.54) is 146 Å². The Balaban J connectivity index is 2.98. The highest BCUT2D eigenvalue weighted by atomic mass is 16.5. The second-order valence-corrected chi connectivity index (χ2v) is 13.0. The summed E-state index contributed by atoms with van der Waals surface area (Å²) in [5, 5.41) is 22.5. The number of hydrogen-bond acceptors (Lipinski definition) is 3. The molecular weight excluding hydrogens is 516 g/mol. The topological polar surface area (TPSA) is 49.7 Å². The summed E-state index contributed by atoms with van der Waals surface area (Å²) in [6.07, 6.45) is 34.7. The van der Waals surface area contributed by atoms with Gasteiger partial charge in [-0.3, -0.25) is 0 Å². The van der Waals surface area contributed by atoms with E-state index in [4.69, 9.17) is 4.74 Å². The van der Waals surface area contributed by atoms with Crippen LogP contribution in [0, 0.1) is 0 Å². The Morgan fingerprint density at radius 2 is 0.690 bits per heavy atom. The molecule has 0 spiro atoms. The maximum Gasteiger partial charge on any atom is 0.201 e. The first-order chi connectivity index (χ1) is 20.6. The monoisotopic (exact) mass is 589 g/mol. The van der Waals surface area contributed by atoms with Gasteiger partial charge in [0.1, 0.15) is 0 Å².